The van der Waals surface area contributed by atoms with Gasteiger partial charge in [0.05, 0.1) is 29.0 Å². The molecule has 2 aromatic heterocycles. The summed E-state index contributed by atoms with van der Waals surface area (Å²) in [4.78, 5) is 0. The Balaban J connectivity index is 1.32. The summed E-state index contributed by atoms with van der Waals surface area (Å²) in [5, 5.41) is 26.9. The summed E-state index contributed by atoms with van der Waals surface area (Å²) < 4.78 is 7.69. The van der Waals surface area contributed by atoms with Gasteiger partial charge in [0.2, 0.25) is 5.88 Å². The number of rotatable bonds is 4. The number of phenols is 1. The van der Waals surface area contributed by atoms with Crippen molar-refractivity contribution in [3.05, 3.63) is 42.2 Å². The van der Waals surface area contributed by atoms with Crippen LogP contribution < -0.4 is 15.8 Å². The first-order valence-corrected chi connectivity index (χ1v) is 9.97. The first-order valence-electron chi connectivity index (χ1n) is 9.97. The molecule has 3 atom stereocenters. The van der Waals surface area contributed by atoms with Gasteiger partial charge in [-0.2, -0.15) is 5.10 Å². The SMILES string of the molecule is Cc1nn(-c2ccc(-c3ccc(O[C@@H]4C[C@H]5CC[C@@H](C4)N5)nn3)c(O)c2)cc1N. The van der Waals surface area contributed by atoms with Crippen LogP contribution in [0.25, 0.3) is 16.9 Å². The molecule has 0 amide bonds. The van der Waals surface area contributed by atoms with E-state index in [2.05, 4.69) is 20.6 Å². The molecular weight excluding hydrogens is 368 g/mol. The van der Waals surface area contributed by atoms with Crippen LogP contribution in [0.15, 0.2) is 36.5 Å². The minimum atomic E-state index is 0.104. The molecule has 8 heteroatoms. The summed E-state index contributed by atoms with van der Waals surface area (Å²) >= 11 is 0. The van der Waals surface area contributed by atoms with Gasteiger partial charge in [-0.1, -0.05) is 0 Å². The fourth-order valence-corrected chi connectivity index (χ4v) is 4.28. The molecule has 0 saturated carbocycles. The number of fused-ring (bicyclic) bond motifs is 2. The van der Waals surface area contributed by atoms with E-state index in [0.717, 1.165) is 24.2 Å². The molecule has 5 rings (SSSR count). The largest absolute Gasteiger partial charge is 0.507 e. The van der Waals surface area contributed by atoms with Gasteiger partial charge >= 0.3 is 0 Å². The number of aromatic nitrogens is 4. The number of anilines is 1. The minimum Gasteiger partial charge on any atom is -0.507 e. The van der Waals surface area contributed by atoms with Gasteiger partial charge in [0.15, 0.2) is 0 Å². The summed E-state index contributed by atoms with van der Waals surface area (Å²) in [6.07, 6.45) is 6.40. The molecule has 1 aromatic carbocycles. The zero-order valence-electron chi connectivity index (χ0n) is 16.2. The van der Waals surface area contributed by atoms with Gasteiger partial charge in [-0.15, -0.1) is 10.2 Å². The van der Waals surface area contributed by atoms with Crippen molar-refractivity contribution in [1.82, 2.24) is 25.3 Å². The number of benzene rings is 1. The van der Waals surface area contributed by atoms with Crippen LogP contribution in [0.4, 0.5) is 5.69 Å². The van der Waals surface area contributed by atoms with Crippen molar-refractivity contribution in [3.63, 3.8) is 0 Å². The summed E-state index contributed by atoms with van der Waals surface area (Å²) in [5.41, 5.74) is 9.12. The molecule has 8 nitrogen and oxygen atoms in total. The lowest BCUT2D eigenvalue weighted by molar-refractivity contribution is 0.130. The average Bonchev–Trinajstić information content (AvgIpc) is 3.23. The third-order valence-corrected chi connectivity index (χ3v) is 5.82. The van der Waals surface area contributed by atoms with Gasteiger partial charge in [-0.05, 0) is 50.8 Å². The second kappa shape index (κ2) is 7.04. The van der Waals surface area contributed by atoms with Crippen molar-refractivity contribution in [2.75, 3.05) is 5.73 Å². The smallest absolute Gasteiger partial charge is 0.233 e. The maximum Gasteiger partial charge on any atom is 0.233 e. The van der Waals surface area contributed by atoms with Crippen LogP contribution >= 0.6 is 0 Å². The molecule has 2 saturated heterocycles. The molecule has 0 unspecified atom stereocenters. The van der Waals surface area contributed by atoms with Gasteiger partial charge < -0.3 is 20.9 Å². The number of nitrogens with two attached hydrogens (primary N) is 1. The average molecular weight is 392 g/mol. The van der Waals surface area contributed by atoms with E-state index in [1.54, 1.807) is 23.0 Å². The number of nitrogens with zero attached hydrogens (tertiary/aromatic N) is 4. The molecule has 0 radical (unpaired) electrons. The van der Waals surface area contributed by atoms with E-state index in [-0.39, 0.29) is 11.9 Å². The highest BCUT2D eigenvalue weighted by molar-refractivity contribution is 5.68. The normalized spacial score (nSPS) is 23.3. The minimum absolute atomic E-state index is 0.104. The highest BCUT2D eigenvalue weighted by Crippen LogP contribution is 2.32. The van der Waals surface area contributed by atoms with Gasteiger partial charge in [0.25, 0.3) is 0 Å². The van der Waals surface area contributed by atoms with Crippen LogP contribution in [-0.4, -0.2) is 43.3 Å². The lowest BCUT2D eigenvalue weighted by atomic mass is 10.0. The third kappa shape index (κ3) is 3.51. The maximum absolute atomic E-state index is 10.5. The molecule has 0 aliphatic carbocycles. The summed E-state index contributed by atoms with van der Waals surface area (Å²) in [6, 6.07) is 10.1. The molecule has 29 heavy (non-hydrogen) atoms. The van der Waals surface area contributed by atoms with Crippen molar-refractivity contribution in [1.29, 1.82) is 0 Å². The lowest BCUT2D eigenvalue weighted by Crippen LogP contribution is -2.42. The molecule has 4 heterocycles. The number of phenolic OH excluding ortho intramolecular Hbond substituents is 1. The Morgan fingerprint density at radius 3 is 2.55 bits per heavy atom. The topological polar surface area (TPSA) is 111 Å². The molecule has 0 spiro atoms. The first kappa shape index (κ1) is 17.9. The Hall–Kier alpha value is -3.13. The molecule has 2 fully saturated rings. The van der Waals surface area contributed by atoms with Gasteiger partial charge in [-0.3, -0.25) is 0 Å². The fraction of sp³-hybridized carbons (Fsp3) is 0.381. The molecular formula is C21H24N6O2. The number of nitrogens with one attached hydrogen (secondary N) is 1. The van der Waals surface area contributed by atoms with Gasteiger partial charge in [0, 0.05) is 29.8 Å². The van der Waals surface area contributed by atoms with Crippen LogP contribution in [0, 0.1) is 6.92 Å². The van der Waals surface area contributed by atoms with Crippen molar-refractivity contribution in [2.45, 2.75) is 50.8 Å². The number of hydrogen-bond acceptors (Lipinski definition) is 7. The van der Waals surface area contributed by atoms with Crippen LogP contribution in [0.1, 0.15) is 31.4 Å². The van der Waals surface area contributed by atoms with Crippen LogP contribution in [0.5, 0.6) is 11.6 Å². The molecule has 2 bridgehead atoms. The van der Waals surface area contributed by atoms with E-state index < -0.39 is 0 Å². The second-order valence-corrected chi connectivity index (χ2v) is 7.92. The van der Waals surface area contributed by atoms with E-state index in [1.807, 2.05) is 25.1 Å². The molecule has 3 aromatic rings. The van der Waals surface area contributed by atoms with E-state index in [9.17, 15) is 5.11 Å². The van der Waals surface area contributed by atoms with Crippen molar-refractivity contribution < 1.29 is 9.84 Å². The number of aromatic hydroxyl groups is 1. The van der Waals surface area contributed by atoms with Crippen LogP contribution in [0.3, 0.4) is 0 Å². The highest BCUT2D eigenvalue weighted by atomic mass is 16.5. The predicted octanol–water partition coefficient (Wildman–Crippen LogP) is 2.59. The summed E-state index contributed by atoms with van der Waals surface area (Å²) in [6.45, 7) is 1.84. The van der Waals surface area contributed by atoms with E-state index >= 15 is 0 Å². The standard InChI is InChI=1S/C21H24N6O2/c1-12-18(22)11-27(26-12)15-4-5-17(20(28)10-15)19-6-7-21(25-24-19)29-16-8-13-2-3-14(9-16)23-13/h4-7,10-11,13-14,16,23,28H,2-3,8-9,22H2,1H3/t13-,14+,16-. The Kier molecular flexibility index (Phi) is 4.35. The number of ether oxygens (including phenoxy) is 1. The highest BCUT2D eigenvalue weighted by Gasteiger charge is 2.34. The van der Waals surface area contributed by atoms with Gasteiger partial charge in [0.1, 0.15) is 11.9 Å². The second-order valence-electron chi connectivity index (χ2n) is 7.92. The van der Waals surface area contributed by atoms with E-state index in [0.29, 0.717) is 34.9 Å². The number of hydrogen-bond donors (Lipinski definition) is 3. The number of aryl methyl sites for hydroxylation is 1. The van der Waals surface area contributed by atoms with E-state index in [4.69, 9.17) is 10.5 Å². The summed E-state index contributed by atoms with van der Waals surface area (Å²) in [5.74, 6) is 0.630. The third-order valence-electron chi connectivity index (χ3n) is 5.82. The molecule has 2 aliphatic rings. The Morgan fingerprint density at radius 2 is 1.93 bits per heavy atom. The molecule has 150 valence electrons. The Labute approximate surface area is 168 Å². The fourth-order valence-electron chi connectivity index (χ4n) is 4.28. The monoisotopic (exact) mass is 392 g/mol. The summed E-state index contributed by atoms with van der Waals surface area (Å²) in [7, 11) is 0. The first-order chi connectivity index (χ1) is 14.0. The number of nitrogen functional groups attached to an aromatic ring is 1. The zero-order chi connectivity index (χ0) is 20.0. The lowest BCUT2D eigenvalue weighted by Gasteiger charge is -2.28. The Bertz CT molecular complexity index is 1000. The quantitative estimate of drug-likeness (QED) is 0.626. The maximum atomic E-state index is 10.5. The van der Waals surface area contributed by atoms with Crippen LogP contribution in [0.2, 0.25) is 0 Å². The van der Waals surface area contributed by atoms with Crippen LogP contribution in [-0.2, 0) is 0 Å². The molecule has 2 aliphatic heterocycles. The van der Waals surface area contributed by atoms with E-state index in [1.165, 1.54) is 12.8 Å². The predicted molar refractivity (Wildman–Crippen MR) is 109 cm³/mol. The number of piperidine rings is 1. The van der Waals surface area contributed by atoms with Crippen molar-refractivity contribution in [2.24, 2.45) is 0 Å². The zero-order valence-corrected chi connectivity index (χ0v) is 16.2. The van der Waals surface area contributed by atoms with Crippen molar-refractivity contribution in [3.8, 4) is 28.6 Å². The van der Waals surface area contributed by atoms with Gasteiger partial charge in [-0.25, -0.2) is 4.68 Å². The molecule has 4 N–H and O–H groups in total. The van der Waals surface area contributed by atoms with Crippen molar-refractivity contribution >= 4 is 5.69 Å². The Morgan fingerprint density at radius 1 is 1.14 bits per heavy atom.